The molecule has 176 valence electrons. The van der Waals surface area contributed by atoms with Crippen molar-refractivity contribution in [3.8, 4) is 0 Å². The highest BCUT2D eigenvalue weighted by molar-refractivity contribution is 7.89. The van der Waals surface area contributed by atoms with Crippen molar-refractivity contribution in [2.24, 2.45) is 0 Å². The molecule has 34 heavy (non-hydrogen) atoms. The van der Waals surface area contributed by atoms with Gasteiger partial charge in [0, 0.05) is 13.0 Å². The Morgan fingerprint density at radius 1 is 1.00 bits per heavy atom. The monoisotopic (exact) mass is 476 g/mol. The first-order valence-corrected chi connectivity index (χ1v) is 12.6. The Bertz CT molecular complexity index is 1370. The van der Waals surface area contributed by atoms with Gasteiger partial charge in [-0.05, 0) is 55.2 Å². The summed E-state index contributed by atoms with van der Waals surface area (Å²) in [4.78, 5) is 21.0. The number of fused-ring (bicyclic) bond motifs is 1. The molecule has 7 nitrogen and oxygen atoms in total. The van der Waals surface area contributed by atoms with Crippen LogP contribution in [0.15, 0.2) is 77.7 Å². The summed E-state index contributed by atoms with van der Waals surface area (Å²) in [5, 5.41) is 3.02. The van der Waals surface area contributed by atoms with E-state index in [2.05, 4.69) is 20.0 Å². The van der Waals surface area contributed by atoms with E-state index in [0.717, 1.165) is 22.2 Å². The van der Waals surface area contributed by atoms with Gasteiger partial charge in [0.1, 0.15) is 5.82 Å². The fraction of sp³-hybridized carbons (Fsp3) is 0.231. The van der Waals surface area contributed by atoms with Crippen molar-refractivity contribution >= 4 is 27.0 Å². The van der Waals surface area contributed by atoms with Crippen LogP contribution in [0.4, 0.5) is 0 Å². The topological polar surface area (TPSA) is 104 Å². The van der Waals surface area contributed by atoms with E-state index in [0.29, 0.717) is 17.8 Å². The van der Waals surface area contributed by atoms with Crippen molar-refractivity contribution in [2.45, 2.75) is 37.6 Å². The number of carbonyl (C=O) groups is 1. The number of sulfonamides is 1. The van der Waals surface area contributed by atoms with E-state index in [1.54, 1.807) is 19.1 Å². The van der Waals surface area contributed by atoms with Gasteiger partial charge in [-0.3, -0.25) is 4.79 Å². The van der Waals surface area contributed by atoms with Crippen molar-refractivity contribution in [1.29, 1.82) is 0 Å². The Labute approximate surface area is 199 Å². The van der Waals surface area contributed by atoms with Gasteiger partial charge in [0.25, 0.3) is 0 Å². The molecule has 0 aliphatic heterocycles. The maximum atomic E-state index is 12.8. The van der Waals surface area contributed by atoms with E-state index in [1.807, 2.05) is 67.6 Å². The number of rotatable bonds is 9. The number of amides is 1. The van der Waals surface area contributed by atoms with Gasteiger partial charge < -0.3 is 10.3 Å². The Kier molecular flexibility index (Phi) is 7.09. The van der Waals surface area contributed by atoms with E-state index in [1.165, 1.54) is 0 Å². The van der Waals surface area contributed by atoms with Crippen LogP contribution in [0.5, 0.6) is 0 Å². The molecule has 1 atom stereocenters. The van der Waals surface area contributed by atoms with E-state index >= 15 is 0 Å². The third-order valence-corrected chi connectivity index (χ3v) is 7.24. The van der Waals surface area contributed by atoms with Gasteiger partial charge in [-0.2, -0.15) is 0 Å². The summed E-state index contributed by atoms with van der Waals surface area (Å²) in [5.74, 6) is 0.402. The number of nitrogens with zero attached hydrogens (tertiary/aromatic N) is 1. The number of nitrogens with one attached hydrogen (secondary N) is 3. The minimum absolute atomic E-state index is 0.000262. The predicted octanol–water partition coefficient (Wildman–Crippen LogP) is 3.95. The Balaban J connectivity index is 1.44. The average molecular weight is 477 g/mol. The summed E-state index contributed by atoms with van der Waals surface area (Å²) in [5.41, 5.74) is 4.30. The first kappa shape index (κ1) is 23.7. The number of aromatic nitrogens is 2. The number of para-hydroxylation sites is 2. The molecule has 0 spiro atoms. The largest absolute Gasteiger partial charge is 0.346 e. The highest BCUT2D eigenvalue weighted by Crippen LogP contribution is 2.20. The Morgan fingerprint density at radius 2 is 1.74 bits per heavy atom. The zero-order valence-electron chi connectivity index (χ0n) is 19.2. The van der Waals surface area contributed by atoms with Crippen molar-refractivity contribution in [2.75, 3.05) is 6.54 Å². The number of hydrogen-bond acceptors (Lipinski definition) is 4. The van der Waals surface area contributed by atoms with Crippen LogP contribution >= 0.6 is 0 Å². The average Bonchev–Trinajstić information content (AvgIpc) is 3.25. The van der Waals surface area contributed by atoms with Gasteiger partial charge in [0.2, 0.25) is 15.9 Å². The van der Waals surface area contributed by atoms with E-state index < -0.39 is 10.0 Å². The summed E-state index contributed by atoms with van der Waals surface area (Å²) >= 11 is 0. The molecule has 8 heteroatoms. The SMILES string of the molecule is Cc1ccc(C)c(S(=O)(=O)NCCC(=O)N[C@@H](Cc2ccccc2)c2nc3ccccc3[nH]2)c1. The third kappa shape index (κ3) is 5.70. The molecular formula is C26H28N4O3S. The minimum Gasteiger partial charge on any atom is -0.346 e. The maximum absolute atomic E-state index is 12.8. The smallest absolute Gasteiger partial charge is 0.240 e. The molecule has 0 aliphatic rings. The summed E-state index contributed by atoms with van der Waals surface area (Å²) in [6.07, 6.45) is 0.566. The summed E-state index contributed by atoms with van der Waals surface area (Å²) in [6.45, 7) is 3.60. The molecule has 0 radical (unpaired) electrons. The number of carbonyl (C=O) groups excluding carboxylic acids is 1. The number of H-pyrrole nitrogens is 1. The Hall–Kier alpha value is -3.49. The van der Waals surface area contributed by atoms with Crippen LogP contribution in [0.25, 0.3) is 11.0 Å². The van der Waals surface area contributed by atoms with Crippen molar-refractivity contribution in [1.82, 2.24) is 20.0 Å². The van der Waals surface area contributed by atoms with Crippen LogP contribution in [-0.4, -0.2) is 30.8 Å². The highest BCUT2D eigenvalue weighted by atomic mass is 32.2. The third-order valence-electron chi connectivity index (χ3n) is 5.63. The lowest BCUT2D eigenvalue weighted by Gasteiger charge is -2.17. The highest BCUT2D eigenvalue weighted by Gasteiger charge is 2.21. The lowest BCUT2D eigenvalue weighted by Crippen LogP contribution is -2.34. The number of aryl methyl sites for hydroxylation is 2. The van der Waals surface area contributed by atoms with Crippen molar-refractivity contribution in [3.05, 3.63) is 95.3 Å². The van der Waals surface area contributed by atoms with Gasteiger partial charge in [-0.1, -0.05) is 54.6 Å². The number of imidazole rings is 1. The van der Waals surface area contributed by atoms with Gasteiger partial charge >= 0.3 is 0 Å². The maximum Gasteiger partial charge on any atom is 0.240 e. The number of benzene rings is 3. The zero-order chi connectivity index (χ0) is 24.1. The molecular weight excluding hydrogens is 448 g/mol. The van der Waals surface area contributed by atoms with Crippen LogP contribution in [0, 0.1) is 13.8 Å². The summed E-state index contributed by atoms with van der Waals surface area (Å²) in [6, 6.07) is 22.5. The Morgan fingerprint density at radius 3 is 2.50 bits per heavy atom. The molecule has 0 fully saturated rings. The molecule has 4 aromatic rings. The van der Waals surface area contributed by atoms with E-state index in [4.69, 9.17) is 0 Å². The molecule has 3 N–H and O–H groups in total. The van der Waals surface area contributed by atoms with Crippen LogP contribution in [0.3, 0.4) is 0 Å². The molecule has 0 aliphatic carbocycles. The second-order valence-electron chi connectivity index (χ2n) is 8.37. The lowest BCUT2D eigenvalue weighted by molar-refractivity contribution is -0.121. The normalized spacial score (nSPS) is 12.5. The van der Waals surface area contributed by atoms with Crippen molar-refractivity contribution < 1.29 is 13.2 Å². The fourth-order valence-corrected chi connectivity index (χ4v) is 5.20. The predicted molar refractivity (Wildman–Crippen MR) is 133 cm³/mol. The molecule has 3 aromatic carbocycles. The minimum atomic E-state index is -3.70. The van der Waals surface area contributed by atoms with Crippen LogP contribution in [0.1, 0.15) is 35.0 Å². The molecule has 0 bridgehead atoms. The molecule has 0 saturated carbocycles. The second kappa shape index (κ2) is 10.2. The molecule has 1 heterocycles. The number of aromatic amines is 1. The standard InChI is InChI=1S/C26H28N4O3S/c1-18-12-13-19(2)24(16-18)34(32,33)27-15-14-25(31)28-23(17-20-8-4-3-5-9-20)26-29-21-10-6-7-11-22(21)30-26/h3-13,16,23,27H,14-15,17H2,1-2H3,(H,28,31)(H,29,30)/t23-/m0/s1. The first-order chi connectivity index (χ1) is 16.3. The van der Waals surface area contributed by atoms with Crippen molar-refractivity contribution in [3.63, 3.8) is 0 Å². The van der Waals surface area contributed by atoms with Gasteiger partial charge in [0.05, 0.1) is 22.0 Å². The quantitative estimate of drug-likeness (QED) is 0.340. The number of hydrogen-bond donors (Lipinski definition) is 3. The summed E-state index contributed by atoms with van der Waals surface area (Å²) in [7, 11) is -3.70. The van der Waals surface area contributed by atoms with E-state index in [-0.39, 0.29) is 29.8 Å². The lowest BCUT2D eigenvalue weighted by atomic mass is 10.1. The molecule has 0 unspecified atom stereocenters. The van der Waals surface area contributed by atoms with Gasteiger partial charge in [0.15, 0.2) is 0 Å². The second-order valence-corrected chi connectivity index (χ2v) is 10.1. The summed E-state index contributed by atoms with van der Waals surface area (Å²) < 4.78 is 28.0. The van der Waals surface area contributed by atoms with Crippen LogP contribution in [-0.2, 0) is 21.2 Å². The molecule has 1 aromatic heterocycles. The van der Waals surface area contributed by atoms with Crippen LogP contribution in [0.2, 0.25) is 0 Å². The fourth-order valence-electron chi connectivity index (χ4n) is 3.84. The first-order valence-electron chi connectivity index (χ1n) is 11.2. The van der Waals surface area contributed by atoms with Gasteiger partial charge in [-0.15, -0.1) is 0 Å². The molecule has 4 rings (SSSR count). The zero-order valence-corrected chi connectivity index (χ0v) is 20.0. The van der Waals surface area contributed by atoms with E-state index in [9.17, 15) is 13.2 Å². The van der Waals surface area contributed by atoms with Crippen LogP contribution < -0.4 is 10.0 Å². The van der Waals surface area contributed by atoms with Gasteiger partial charge in [-0.25, -0.2) is 18.1 Å². The molecule has 0 saturated heterocycles. The molecule has 1 amide bonds.